The van der Waals surface area contributed by atoms with E-state index in [0.29, 0.717) is 4.88 Å². The minimum Gasteiger partial charge on any atom is -0.465 e. The maximum Gasteiger partial charge on any atom is 0.350 e. The molecule has 6 heteroatoms. The average molecular weight is 340 g/mol. The highest BCUT2D eigenvalue weighted by Gasteiger charge is 2.24. The van der Waals surface area contributed by atoms with Crippen LogP contribution < -0.4 is 5.32 Å². The quantitative estimate of drug-likeness (QED) is 0.835. The van der Waals surface area contributed by atoms with Crippen LogP contribution in [0.4, 0.5) is 5.69 Å². The summed E-state index contributed by atoms with van der Waals surface area (Å²) in [6.45, 7) is 13.1. The number of ether oxygens (including phenoxy) is 2. The first kappa shape index (κ1) is 18.2. The van der Waals surface area contributed by atoms with Crippen molar-refractivity contribution in [3.63, 3.8) is 0 Å². The molecule has 1 atom stereocenters. The van der Waals surface area contributed by atoms with Crippen LogP contribution in [0.25, 0.3) is 0 Å². The van der Waals surface area contributed by atoms with Gasteiger partial charge in [0.1, 0.15) is 4.88 Å². The summed E-state index contributed by atoms with van der Waals surface area (Å²) in [5.41, 5.74) is 0.897. The van der Waals surface area contributed by atoms with E-state index in [0.717, 1.165) is 38.5 Å². The Labute approximate surface area is 143 Å². The molecule has 0 aliphatic carbocycles. The Bertz CT molecular complexity index is 530. The van der Waals surface area contributed by atoms with Crippen LogP contribution in [0.2, 0.25) is 0 Å². The molecule has 1 aliphatic rings. The van der Waals surface area contributed by atoms with Gasteiger partial charge in [-0.15, -0.1) is 11.3 Å². The second-order valence-electron chi connectivity index (χ2n) is 7.05. The Morgan fingerprint density at radius 1 is 1.43 bits per heavy atom. The summed E-state index contributed by atoms with van der Waals surface area (Å²) < 4.78 is 10.3. The molecule has 0 amide bonds. The Morgan fingerprint density at radius 2 is 2.09 bits per heavy atom. The second-order valence-corrected chi connectivity index (χ2v) is 8.11. The lowest BCUT2D eigenvalue weighted by atomic mass is 9.94. The largest absolute Gasteiger partial charge is 0.465 e. The number of carbonyl (C=O) groups excluding carboxylic acids is 1. The predicted octanol–water partition coefficient (Wildman–Crippen LogP) is 2.96. The molecular formula is C17H28N2O3S. The summed E-state index contributed by atoms with van der Waals surface area (Å²) >= 11 is 1.52. The van der Waals surface area contributed by atoms with Crippen molar-refractivity contribution in [3.05, 3.63) is 15.8 Å². The first-order valence-electron chi connectivity index (χ1n) is 8.10. The fourth-order valence-electron chi connectivity index (χ4n) is 2.59. The molecule has 1 aliphatic heterocycles. The van der Waals surface area contributed by atoms with E-state index in [1.54, 1.807) is 0 Å². The highest BCUT2D eigenvalue weighted by atomic mass is 32.1. The van der Waals surface area contributed by atoms with Crippen molar-refractivity contribution in [2.24, 2.45) is 0 Å². The Morgan fingerprint density at radius 3 is 2.65 bits per heavy atom. The Hall–Kier alpha value is -1.11. The number of morpholine rings is 1. The highest BCUT2D eigenvalue weighted by molar-refractivity contribution is 7.14. The van der Waals surface area contributed by atoms with Gasteiger partial charge in [0.15, 0.2) is 0 Å². The van der Waals surface area contributed by atoms with Gasteiger partial charge in [0, 0.05) is 30.6 Å². The molecule has 1 N–H and O–H groups in total. The predicted molar refractivity (Wildman–Crippen MR) is 94.7 cm³/mol. The summed E-state index contributed by atoms with van der Waals surface area (Å²) in [6, 6.07) is 2.34. The number of nitrogens with one attached hydrogen (secondary N) is 1. The minimum atomic E-state index is -0.272. The summed E-state index contributed by atoms with van der Waals surface area (Å²) in [5, 5.41) is 3.49. The van der Waals surface area contributed by atoms with Crippen LogP contribution in [0, 0.1) is 0 Å². The molecule has 0 bridgehead atoms. The third kappa shape index (κ3) is 4.93. The lowest BCUT2D eigenvalue weighted by Crippen LogP contribution is -2.42. The average Bonchev–Trinajstić information content (AvgIpc) is 2.91. The van der Waals surface area contributed by atoms with Crippen LogP contribution in [-0.2, 0) is 14.9 Å². The second kappa shape index (κ2) is 7.64. The van der Waals surface area contributed by atoms with E-state index in [4.69, 9.17) is 9.47 Å². The molecule has 0 saturated carbocycles. The number of nitrogens with zero attached hydrogens (tertiary/aromatic N) is 1. The minimum absolute atomic E-state index is 0.0147. The van der Waals surface area contributed by atoms with Gasteiger partial charge in [-0.05, 0) is 18.4 Å². The van der Waals surface area contributed by atoms with Crippen molar-refractivity contribution in [1.82, 2.24) is 4.90 Å². The number of methoxy groups -OCH3 is 1. The number of anilines is 1. The van der Waals surface area contributed by atoms with Crippen LogP contribution in [0.1, 0.15) is 42.2 Å². The maximum atomic E-state index is 12.1. The van der Waals surface area contributed by atoms with E-state index >= 15 is 0 Å². The van der Waals surface area contributed by atoms with Gasteiger partial charge in [0.25, 0.3) is 0 Å². The fraction of sp³-hybridized carbons (Fsp3) is 0.706. The third-order valence-electron chi connectivity index (χ3n) is 3.88. The topological polar surface area (TPSA) is 50.8 Å². The lowest BCUT2D eigenvalue weighted by Gasteiger charge is -2.29. The number of esters is 1. The molecule has 2 rings (SSSR count). The van der Waals surface area contributed by atoms with Gasteiger partial charge in [-0.1, -0.05) is 20.8 Å². The van der Waals surface area contributed by atoms with E-state index in [-0.39, 0.29) is 17.4 Å². The third-order valence-corrected chi connectivity index (χ3v) is 5.42. The normalized spacial score (nSPS) is 17.8. The van der Waals surface area contributed by atoms with Crippen molar-refractivity contribution in [3.8, 4) is 0 Å². The molecule has 0 aromatic carbocycles. The molecule has 1 aromatic heterocycles. The molecule has 0 radical (unpaired) electrons. The van der Waals surface area contributed by atoms with Gasteiger partial charge in [0.05, 0.1) is 26.0 Å². The van der Waals surface area contributed by atoms with Gasteiger partial charge in [-0.25, -0.2) is 4.79 Å². The van der Waals surface area contributed by atoms with Gasteiger partial charge >= 0.3 is 5.97 Å². The molecule has 1 aromatic rings. The molecule has 1 unspecified atom stereocenters. The van der Waals surface area contributed by atoms with Crippen molar-refractivity contribution in [2.45, 2.75) is 39.2 Å². The van der Waals surface area contributed by atoms with E-state index in [1.807, 2.05) is 0 Å². The number of carbonyl (C=O) groups is 1. The zero-order valence-electron chi connectivity index (χ0n) is 14.8. The lowest BCUT2D eigenvalue weighted by molar-refractivity contribution is 0.0368. The summed E-state index contributed by atoms with van der Waals surface area (Å²) in [7, 11) is 1.43. The highest BCUT2D eigenvalue weighted by Crippen LogP contribution is 2.36. The smallest absolute Gasteiger partial charge is 0.350 e. The molecule has 1 fully saturated rings. The number of hydrogen-bond donors (Lipinski definition) is 1. The van der Waals surface area contributed by atoms with Crippen LogP contribution in [0.3, 0.4) is 0 Å². The number of hydrogen-bond acceptors (Lipinski definition) is 6. The molecular weight excluding hydrogens is 312 g/mol. The summed E-state index contributed by atoms with van der Waals surface area (Å²) in [5.74, 6) is -0.272. The Balaban J connectivity index is 2.10. The fourth-order valence-corrected chi connectivity index (χ4v) is 3.69. The molecule has 130 valence electrons. The van der Waals surface area contributed by atoms with E-state index in [9.17, 15) is 4.79 Å². The zero-order valence-corrected chi connectivity index (χ0v) is 15.6. The SMILES string of the molecule is COC(=O)c1sc(C(C)(C)C)cc1NC(C)CN1CCOCC1. The summed E-state index contributed by atoms with van der Waals surface area (Å²) in [6.07, 6.45) is 0. The Kier molecular flexibility index (Phi) is 6.06. The first-order chi connectivity index (χ1) is 10.8. The van der Waals surface area contributed by atoms with Gasteiger partial charge in [-0.2, -0.15) is 0 Å². The van der Waals surface area contributed by atoms with Crippen LogP contribution in [0.5, 0.6) is 0 Å². The molecule has 23 heavy (non-hydrogen) atoms. The first-order valence-corrected chi connectivity index (χ1v) is 8.92. The molecule has 0 spiro atoms. The number of thiophene rings is 1. The standard InChI is InChI=1S/C17H28N2O3S/c1-12(11-19-6-8-22-9-7-19)18-13-10-14(17(2,3)4)23-15(13)16(20)21-5/h10,12,18H,6-9,11H2,1-5H3. The maximum absolute atomic E-state index is 12.1. The van der Waals surface area contributed by atoms with Crippen molar-refractivity contribution in [1.29, 1.82) is 0 Å². The van der Waals surface area contributed by atoms with Crippen molar-refractivity contribution < 1.29 is 14.3 Å². The molecule has 2 heterocycles. The van der Waals surface area contributed by atoms with Crippen LogP contribution in [0.15, 0.2) is 6.07 Å². The van der Waals surface area contributed by atoms with E-state index < -0.39 is 0 Å². The van der Waals surface area contributed by atoms with Gasteiger partial charge < -0.3 is 14.8 Å². The van der Waals surface area contributed by atoms with E-state index in [1.165, 1.54) is 23.3 Å². The van der Waals surface area contributed by atoms with Crippen molar-refractivity contribution in [2.75, 3.05) is 45.3 Å². The number of rotatable bonds is 5. The monoisotopic (exact) mass is 340 g/mol. The van der Waals surface area contributed by atoms with Crippen LogP contribution >= 0.6 is 11.3 Å². The van der Waals surface area contributed by atoms with Gasteiger partial charge in [-0.3, -0.25) is 4.90 Å². The van der Waals surface area contributed by atoms with E-state index in [2.05, 4.69) is 44.0 Å². The van der Waals surface area contributed by atoms with Gasteiger partial charge in [0.2, 0.25) is 0 Å². The zero-order chi connectivity index (χ0) is 17.0. The van der Waals surface area contributed by atoms with Crippen molar-refractivity contribution >= 4 is 23.0 Å². The molecule has 1 saturated heterocycles. The van der Waals surface area contributed by atoms with Crippen LogP contribution in [-0.4, -0.2) is 56.9 Å². The summed E-state index contributed by atoms with van der Waals surface area (Å²) in [4.78, 5) is 16.3. The molecule has 5 nitrogen and oxygen atoms in total.